The zero-order chi connectivity index (χ0) is 9.90. The van der Waals surface area contributed by atoms with Gasteiger partial charge in [0.05, 0.1) is 5.54 Å². The molecule has 1 fully saturated rings. The summed E-state index contributed by atoms with van der Waals surface area (Å²) in [4.78, 5) is 11.5. The lowest BCUT2D eigenvalue weighted by Gasteiger charge is -2.18. The summed E-state index contributed by atoms with van der Waals surface area (Å²) in [6.45, 7) is 2.09. The Morgan fingerprint density at radius 3 is 2.69 bits per heavy atom. The van der Waals surface area contributed by atoms with Crippen molar-refractivity contribution in [3.63, 3.8) is 0 Å². The van der Waals surface area contributed by atoms with E-state index in [2.05, 4.69) is 5.32 Å². The minimum absolute atomic E-state index is 0.0622. The van der Waals surface area contributed by atoms with E-state index in [-0.39, 0.29) is 18.6 Å². The lowest BCUT2D eigenvalue weighted by Crippen LogP contribution is -2.47. The third kappa shape index (κ3) is 2.67. The van der Waals surface area contributed by atoms with Crippen LogP contribution in [0.5, 0.6) is 0 Å². The van der Waals surface area contributed by atoms with Crippen LogP contribution >= 0.6 is 0 Å². The van der Waals surface area contributed by atoms with Crippen LogP contribution < -0.4 is 11.1 Å². The lowest BCUT2D eigenvalue weighted by molar-refractivity contribution is -0.124. The molecule has 1 aliphatic carbocycles. The molecule has 1 amide bonds. The monoisotopic (exact) mass is 186 g/mol. The first-order valence-corrected chi connectivity index (χ1v) is 4.83. The molecule has 1 aliphatic rings. The Morgan fingerprint density at radius 2 is 2.31 bits per heavy atom. The summed E-state index contributed by atoms with van der Waals surface area (Å²) in [7, 11) is 0. The number of rotatable bonds is 5. The van der Waals surface area contributed by atoms with Crippen LogP contribution in [0.4, 0.5) is 0 Å². The van der Waals surface area contributed by atoms with Gasteiger partial charge in [0, 0.05) is 12.6 Å². The van der Waals surface area contributed by atoms with Crippen molar-refractivity contribution in [3.05, 3.63) is 0 Å². The molecule has 4 N–H and O–H groups in total. The number of carbonyl (C=O) groups excluding carboxylic acids is 1. The Kier molecular flexibility index (Phi) is 3.27. The molecule has 0 saturated heterocycles. The Hall–Kier alpha value is -0.610. The number of aliphatic hydroxyl groups is 1. The minimum Gasteiger partial charge on any atom is -0.396 e. The molecule has 0 spiro atoms. The number of hydrogen-bond acceptors (Lipinski definition) is 3. The van der Waals surface area contributed by atoms with Gasteiger partial charge in [-0.3, -0.25) is 4.79 Å². The first-order chi connectivity index (χ1) is 6.12. The summed E-state index contributed by atoms with van der Waals surface area (Å²) in [6.07, 6.45) is 3.02. The van der Waals surface area contributed by atoms with Gasteiger partial charge in [0.25, 0.3) is 0 Å². The predicted molar refractivity (Wildman–Crippen MR) is 50.1 cm³/mol. The molecular weight excluding hydrogens is 168 g/mol. The van der Waals surface area contributed by atoms with E-state index >= 15 is 0 Å². The van der Waals surface area contributed by atoms with Gasteiger partial charge in [-0.1, -0.05) is 6.92 Å². The van der Waals surface area contributed by atoms with Crippen LogP contribution in [0.3, 0.4) is 0 Å². The van der Waals surface area contributed by atoms with E-state index in [4.69, 9.17) is 10.8 Å². The highest BCUT2D eigenvalue weighted by Crippen LogP contribution is 2.32. The van der Waals surface area contributed by atoms with Gasteiger partial charge in [0.1, 0.15) is 0 Å². The SMILES string of the molecule is CCC(CCO)NC(=O)C1(N)CC1. The van der Waals surface area contributed by atoms with Crippen LogP contribution in [0.1, 0.15) is 32.6 Å². The van der Waals surface area contributed by atoms with Crippen molar-refractivity contribution in [2.45, 2.75) is 44.2 Å². The van der Waals surface area contributed by atoms with Crippen LogP contribution in [-0.4, -0.2) is 29.2 Å². The largest absolute Gasteiger partial charge is 0.396 e. The highest BCUT2D eigenvalue weighted by molar-refractivity contribution is 5.89. The summed E-state index contributed by atoms with van der Waals surface area (Å²) in [5.41, 5.74) is 5.12. The second-order valence-corrected chi connectivity index (χ2v) is 3.75. The number of nitrogens with two attached hydrogens (primary N) is 1. The summed E-state index contributed by atoms with van der Waals surface area (Å²) in [5.74, 6) is -0.0622. The zero-order valence-electron chi connectivity index (χ0n) is 8.05. The summed E-state index contributed by atoms with van der Waals surface area (Å²) >= 11 is 0. The van der Waals surface area contributed by atoms with Crippen LogP contribution in [0.15, 0.2) is 0 Å². The van der Waals surface area contributed by atoms with Crippen molar-refractivity contribution < 1.29 is 9.90 Å². The molecule has 76 valence electrons. The zero-order valence-corrected chi connectivity index (χ0v) is 8.05. The van der Waals surface area contributed by atoms with Gasteiger partial charge >= 0.3 is 0 Å². The molecule has 4 nitrogen and oxygen atoms in total. The van der Waals surface area contributed by atoms with Crippen LogP contribution in [0.25, 0.3) is 0 Å². The number of aliphatic hydroxyl groups excluding tert-OH is 1. The van der Waals surface area contributed by atoms with Gasteiger partial charge in [-0.25, -0.2) is 0 Å². The third-order valence-electron chi connectivity index (χ3n) is 2.55. The molecule has 1 unspecified atom stereocenters. The van der Waals surface area contributed by atoms with Gasteiger partial charge in [-0.2, -0.15) is 0 Å². The van der Waals surface area contributed by atoms with E-state index in [1.165, 1.54) is 0 Å². The summed E-state index contributed by atoms with van der Waals surface area (Å²) < 4.78 is 0. The standard InChI is InChI=1S/C9H18N2O2/c1-2-7(3-6-12)11-8(13)9(10)4-5-9/h7,12H,2-6,10H2,1H3,(H,11,13). The Morgan fingerprint density at radius 1 is 1.69 bits per heavy atom. The van der Waals surface area contributed by atoms with Gasteiger partial charge in [-0.05, 0) is 25.7 Å². The minimum atomic E-state index is -0.594. The van der Waals surface area contributed by atoms with E-state index in [1.54, 1.807) is 0 Å². The molecule has 4 heteroatoms. The molecule has 0 aromatic carbocycles. The van der Waals surface area contributed by atoms with Crippen molar-refractivity contribution in [2.24, 2.45) is 5.73 Å². The maximum absolute atomic E-state index is 11.5. The highest BCUT2D eigenvalue weighted by Gasteiger charge is 2.46. The molecule has 1 atom stereocenters. The van der Waals surface area contributed by atoms with Crippen LogP contribution in [-0.2, 0) is 4.79 Å². The third-order valence-corrected chi connectivity index (χ3v) is 2.55. The normalized spacial score (nSPS) is 20.8. The van der Waals surface area contributed by atoms with E-state index in [9.17, 15) is 4.79 Å². The molecule has 0 aliphatic heterocycles. The average Bonchev–Trinajstić information content (AvgIpc) is 2.84. The van der Waals surface area contributed by atoms with Crippen molar-refractivity contribution in [1.82, 2.24) is 5.32 Å². The van der Waals surface area contributed by atoms with Gasteiger partial charge < -0.3 is 16.2 Å². The van der Waals surface area contributed by atoms with Crippen LogP contribution in [0.2, 0.25) is 0 Å². The average molecular weight is 186 g/mol. The fourth-order valence-corrected chi connectivity index (χ4v) is 1.23. The molecule has 0 aromatic heterocycles. The Bertz CT molecular complexity index is 190. The maximum atomic E-state index is 11.5. The first kappa shape index (κ1) is 10.5. The maximum Gasteiger partial charge on any atom is 0.240 e. The summed E-state index contributed by atoms with van der Waals surface area (Å²) in [6, 6.07) is 0.0681. The number of nitrogens with one attached hydrogen (secondary N) is 1. The molecule has 0 aromatic rings. The van der Waals surface area contributed by atoms with Crippen molar-refractivity contribution in [3.8, 4) is 0 Å². The molecule has 1 rings (SSSR count). The van der Waals surface area contributed by atoms with Crippen LogP contribution in [0, 0.1) is 0 Å². The second kappa shape index (κ2) is 4.07. The van der Waals surface area contributed by atoms with Gasteiger partial charge in [-0.15, -0.1) is 0 Å². The van der Waals surface area contributed by atoms with Crippen molar-refractivity contribution >= 4 is 5.91 Å². The number of hydrogen-bond donors (Lipinski definition) is 3. The predicted octanol–water partition coefficient (Wildman–Crippen LogP) is -0.245. The first-order valence-electron chi connectivity index (χ1n) is 4.83. The number of carbonyl (C=O) groups is 1. The smallest absolute Gasteiger partial charge is 0.240 e. The Labute approximate surface area is 78.5 Å². The van der Waals surface area contributed by atoms with Crippen molar-refractivity contribution in [1.29, 1.82) is 0 Å². The second-order valence-electron chi connectivity index (χ2n) is 3.75. The molecular formula is C9H18N2O2. The fourth-order valence-electron chi connectivity index (χ4n) is 1.23. The number of amides is 1. The van der Waals surface area contributed by atoms with E-state index in [0.29, 0.717) is 6.42 Å². The van der Waals surface area contributed by atoms with E-state index in [1.807, 2.05) is 6.92 Å². The molecule has 0 bridgehead atoms. The molecule has 1 saturated carbocycles. The molecule has 13 heavy (non-hydrogen) atoms. The highest BCUT2D eigenvalue weighted by atomic mass is 16.3. The summed E-state index contributed by atoms with van der Waals surface area (Å²) in [5, 5.41) is 11.6. The van der Waals surface area contributed by atoms with E-state index in [0.717, 1.165) is 19.3 Å². The molecule has 0 heterocycles. The Balaban J connectivity index is 2.32. The van der Waals surface area contributed by atoms with Gasteiger partial charge in [0.2, 0.25) is 5.91 Å². The topological polar surface area (TPSA) is 75.3 Å². The lowest BCUT2D eigenvalue weighted by atomic mass is 10.1. The van der Waals surface area contributed by atoms with Gasteiger partial charge in [0.15, 0.2) is 0 Å². The van der Waals surface area contributed by atoms with Crippen molar-refractivity contribution in [2.75, 3.05) is 6.61 Å². The fraction of sp³-hybridized carbons (Fsp3) is 0.889. The molecule has 0 radical (unpaired) electrons. The van der Waals surface area contributed by atoms with E-state index < -0.39 is 5.54 Å². The quantitative estimate of drug-likeness (QED) is 0.554.